The van der Waals surface area contributed by atoms with Gasteiger partial charge in [-0.3, -0.25) is 4.98 Å². The minimum Gasteiger partial charge on any atom is -0.310 e. The Morgan fingerprint density at radius 1 is 1.24 bits per heavy atom. The van der Waals surface area contributed by atoms with Gasteiger partial charge in [0.25, 0.3) is 0 Å². The Morgan fingerprint density at radius 3 is 2.76 bits per heavy atom. The van der Waals surface area contributed by atoms with E-state index < -0.39 is 0 Å². The first-order valence-corrected chi connectivity index (χ1v) is 7.70. The minimum absolute atomic E-state index is 0.262. The lowest BCUT2D eigenvalue weighted by Gasteiger charge is -2.21. The molecule has 0 saturated heterocycles. The van der Waals surface area contributed by atoms with Crippen molar-refractivity contribution in [2.45, 2.75) is 46.1 Å². The Morgan fingerprint density at radius 2 is 2.10 bits per heavy atom. The van der Waals surface area contributed by atoms with Gasteiger partial charge in [0, 0.05) is 18.4 Å². The van der Waals surface area contributed by atoms with Crippen molar-refractivity contribution in [3.05, 3.63) is 53.1 Å². The van der Waals surface area contributed by atoms with Crippen LogP contribution in [0, 0.1) is 6.92 Å². The van der Waals surface area contributed by atoms with Crippen molar-refractivity contribution in [1.82, 2.24) is 20.5 Å². The van der Waals surface area contributed by atoms with Crippen LogP contribution in [0.3, 0.4) is 0 Å². The largest absolute Gasteiger partial charge is 0.310 e. The number of pyridine rings is 1. The molecule has 0 aliphatic carbocycles. The highest BCUT2D eigenvalue weighted by Crippen LogP contribution is 2.21. The van der Waals surface area contributed by atoms with Gasteiger partial charge >= 0.3 is 0 Å². The molecule has 0 spiro atoms. The summed E-state index contributed by atoms with van der Waals surface area (Å²) in [5.41, 5.74) is 4.56. The Balaban J connectivity index is 2.28. The number of nitrogens with zero attached hydrogens (tertiary/aromatic N) is 3. The van der Waals surface area contributed by atoms with Crippen molar-refractivity contribution in [1.29, 1.82) is 0 Å². The van der Waals surface area contributed by atoms with Crippen LogP contribution in [0.25, 0.3) is 0 Å². The molecule has 0 bridgehead atoms. The highest BCUT2D eigenvalue weighted by Gasteiger charge is 2.16. The maximum absolute atomic E-state index is 4.36. The van der Waals surface area contributed by atoms with Crippen LogP contribution in [-0.4, -0.2) is 21.7 Å². The zero-order chi connectivity index (χ0) is 15.1. The highest BCUT2D eigenvalue weighted by molar-refractivity contribution is 5.27. The maximum atomic E-state index is 4.36. The zero-order valence-electron chi connectivity index (χ0n) is 13.1. The first kappa shape index (κ1) is 15.6. The summed E-state index contributed by atoms with van der Waals surface area (Å²) in [4.78, 5) is 4.22. The van der Waals surface area contributed by atoms with Gasteiger partial charge in [0.15, 0.2) is 0 Å². The van der Waals surface area contributed by atoms with Crippen LogP contribution in [-0.2, 0) is 12.8 Å². The molecule has 4 nitrogen and oxygen atoms in total. The molecule has 1 N–H and O–H groups in total. The SMILES string of the molecule is CCCNC(Cc1cccnc1)c1cc(C)nnc1CC. The Labute approximate surface area is 127 Å². The summed E-state index contributed by atoms with van der Waals surface area (Å²) in [6.45, 7) is 7.31. The van der Waals surface area contributed by atoms with Crippen molar-refractivity contribution in [3.8, 4) is 0 Å². The number of nitrogens with one attached hydrogen (secondary N) is 1. The summed E-state index contributed by atoms with van der Waals surface area (Å²) in [7, 11) is 0. The van der Waals surface area contributed by atoms with Crippen LogP contribution >= 0.6 is 0 Å². The minimum atomic E-state index is 0.262. The third-order valence-corrected chi connectivity index (χ3v) is 3.54. The van der Waals surface area contributed by atoms with E-state index >= 15 is 0 Å². The normalized spacial score (nSPS) is 12.3. The lowest BCUT2D eigenvalue weighted by Crippen LogP contribution is -2.26. The summed E-state index contributed by atoms with van der Waals surface area (Å²) in [5.74, 6) is 0. The van der Waals surface area contributed by atoms with Crippen LogP contribution in [0.4, 0.5) is 0 Å². The molecule has 0 amide bonds. The predicted octanol–water partition coefficient (Wildman–Crippen LogP) is 3.03. The average Bonchev–Trinajstić information content (AvgIpc) is 2.52. The molecule has 112 valence electrons. The van der Waals surface area contributed by atoms with Crippen molar-refractivity contribution < 1.29 is 0 Å². The van der Waals surface area contributed by atoms with Gasteiger partial charge in [0.1, 0.15) is 0 Å². The van der Waals surface area contributed by atoms with E-state index in [0.29, 0.717) is 0 Å². The first-order valence-electron chi connectivity index (χ1n) is 7.70. The molecular formula is C17H24N4. The van der Waals surface area contributed by atoms with Gasteiger partial charge in [0.2, 0.25) is 0 Å². The van der Waals surface area contributed by atoms with Crippen molar-refractivity contribution in [2.75, 3.05) is 6.54 Å². The molecule has 0 aliphatic heterocycles. The molecule has 0 saturated carbocycles. The second-order valence-corrected chi connectivity index (χ2v) is 5.31. The van der Waals surface area contributed by atoms with Crippen molar-refractivity contribution in [2.24, 2.45) is 0 Å². The van der Waals surface area contributed by atoms with E-state index in [4.69, 9.17) is 0 Å². The van der Waals surface area contributed by atoms with Crippen LogP contribution in [0.15, 0.2) is 30.6 Å². The van der Waals surface area contributed by atoms with Crippen LogP contribution in [0.2, 0.25) is 0 Å². The first-order chi connectivity index (χ1) is 10.2. The second kappa shape index (κ2) is 7.84. The highest BCUT2D eigenvalue weighted by atomic mass is 15.1. The average molecular weight is 284 g/mol. The molecule has 2 aromatic heterocycles. The molecule has 21 heavy (non-hydrogen) atoms. The lowest BCUT2D eigenvalue weighted by atomic mass is 9.97. The molecule has 1 unspecified atom stereocenters. The van der Waals surface area contributed by atoms with E-state index in [0.717, 1.165) is 37.2 Å². The number of aromatic nitrogens is 3. The van der Waals surface area contributed by atoms with Crippen LogP contribution in [0.1, 0.15) is 48.8 Å². The fourth-order valence-corrected chi connectivity index (χ4v) is 2.48. The molecule has 2 rings (SSSR count). The molecule has 0 aliphatic rings. The maximum Gasteiger partial charge on any atom is 0.0676 e. The Bertz CT molecular complexity index is 554. The number of hydrogen-bond acceptors (Lipinski definition) is 4. The van der Waals surface area contributed by atoms with Crippen LogP contribution < -0.4 is 5.32 Å². The lowest BCUT2D eigenvalue weighted by molar-refractivity contribution is 0.520. The molecule has 1 atom stereocenters. The standard InChI is InChI=1S/C17H24N4/c1-4-8-19-17(11-14-7-6-9-18-12-14)15-10-13(3)20-21-16(15)5-2/h6-7,9-10,12,17,19H,4-5,8,11H2,1-3H3. The van der Waals surface area contributed by atoms with E-state index in [1.54, 1.807) is 0 Å². The van der Waals surface area contributed by atoms with E-state index in [1.165, 1.54) is 11.1 Å². The number of aryl methyl sites for hydroxylation is 2. The van der Waals surface area contributed by atoms with Gasteiger partial charge in [-0.2, -0.15) is 10.2 Å². The Kier molecular flexibility index (Phi) is 5.81. The predicted molar refractivity (Wildman–Crippen MR) is 85.1 cm³/mol. The van der Waals surface area contributed by atoms with Gasteiger partial charge in [0.05, 0.1) is 11.4 Å². The molecule has 0 radical (unpaired) electrons. The topological polar surface area (TPSA) is 50.7 Å². The molecule has 2 heterocycles. The third-order valence-electron chi connectivity index (χ3n) is 3.54. The van der Waals surface area contributed by atoms with E-state index in [2.05, 4.69) is 46.5 Å². The number of rotatable bonds is 7. The summed E-state index contributed by atoms with van der Waals surface area (Å²) in [6, 6.07) is 6.54. The monoisotopic (exact) mass is 284 g/mol. The molecule has 0 fully saturated rings. The van der Waals surface area contributed by atoms with Gasteiger partial charge in [-0.15, -0.1) is 0 Å². The van der Waals surface area contributed by atoms with Gasteiger partial charge in [-0.05, 0) is 56.0 Å². The smallest absolute Gasteiger partial charge is 0.0676 e. The fraction of sp³-hybridized carbons (Fsp3) is 0.471. The summed E-state index contributed by atoms with van der Waals surface area (Å²) in [5, 5.41) is 12.2. The molecule has 2 aromatic rings. The van der Waals surface area contributed by atoms with E-state index in [1.807, 2.05) is 25.4 Å². The zero-order valence-corrected chi connectivity index (χ0v) is 13.1. The Hall–Kier alpha value is -1.81. The van der Waals surface area contributed by atoms with E-state index in [9.17, 15) is 0 Å². The van der Waals surface area contributed by atoms with Crippen LogP contribution in [0.5, 0.6) is 0 Å². The quantitative estimate of drug-likeness (QED) is 0.849. The summed E-state index contributed by atoms with van der Waals surface area (Å²) >= 11 is 0. The van der Waals surface area contributed by atoms with Gasteiger partial charge in [-0.25, -0.2) is 0 Å². The summed E-state index contributed by atoms with van der Waals surface area (Å²) in [6.07, 6.45) is 6.69. The molecule has 4 heteroatoms. The van der Waals surface area contributed by atoms with Crippen molar-refractivity contribution in [3.63, 3.8) is 0 Å². The van der Waals surface area contributed by atoms with Crippen molar-refractivity contribution >= 4 is 0 Å². The van der Waals surface area contributed by atoms with Gasteiger partial charge < -0.3 is 5.32 Å². The fourth-order valence-electron chi connectivity index (χ4n) is 2.48. The second-order valence-electron chi connectivity index (χ2n) is 5.31. The number of hydrogen-bond donors (Lipinski definition) is 1. The van der Waals surface area contributed by atoms with Gasteiger partial charge in [-0.1, -0.05) is 19.9 Å². The molecular weight excluding hydrogens is 260 g/mol. The summed E-state index contributed by atoms with van der Waals surface area (Å²) < 4.78 is 0. The van der Waals surface area contributed by atoms with E-state index in [-0.39, 0.29) is 6.04 Å². The molecule has 0 aromatic carbocycles. The third kappa shape index (κ3) is 4.33.